The second kappa shape index (κ2) is 5.90. The topological polar surface area (TPSA) is 43.4 Å². The van der Waals surface area contributed by atoms with E-state index in [-0.39, 0.29) is 4.90 Å². The molecule has 0 unspecified atom stereocenters. The van der Waals surface area contributed by atoms with Gasteiger partial charge in [-0.05, 0) is 48.6 Å². The van der Waals surface area contributed by atoms with Crippen LogP contribution in [0.3, 0.4) is 0 Å². The molecule has 0 amide bonds. The lowest BCUT2D eigenvalue weighted by molar-refractivity contribution is 0.485. The van der Waals surface area contributed by atoms with Crippen molar-refractivity contribution in [3.8, 4) is 5.75 Å². The van der Waals surface area contributed by atoms with Crippen LogP contribution in [-0.4, -0.2) is 8.42 Å². The first kappa shape index (κ1) is 14.1. The highest BCUT2D eigenvalue weighted by Gasteiger charge is 2.19. The maximum Gasteiger partial charge on any atom is 0.339 e. The quantitative estimate of drug-likeness (QED) is 0.798. The van der Waals surface area contributed by atoms with Crippen molar-refractivity contribution in [2.45, 2.75) is 36.5 Å². The molecule has 4 heteroatoms. The predicted molar refractivity (Wildman–Crippen MR) is 81.9 cm³/mol. The molecule has 0 bridgehead atoms. The van der Waals surface area contributed by atoms with Gasteiger partial charge in [0.1, 0.15) is 10.6 Å². The van der Waals surface area contributed by atoms with Gasteiger partial charge in [0.2, 0.25) is 0 Å². The molecule has 2 aromatic carbocycles. The first-order valence-electron chi connectivity index (χ1n) is 7.25. The molecule has 3 nitrogen and oxygen atoms in total. The molecular weight excluding hydrogens is 284 g/mol. The minimum Gasteiger partial charge on any atom is -0.379 e. The molecular formula is C17H18O3S. The van der Waals surface area contributed by atoms with Crippen molar-refractivity contribution in [2.24, 2.45) is 0 Å². The van der Waals surface area contributed by atoms with Crippen LogP contribution in [0.1, 0.15) is 37.2 Å². The number of rotatable bonds is 4. The Balaban J connectivity index is 1.83. The fourth-order valence-corrected chi connectivity index (χ4v) is 3.79. The Bertz CT molecular complexity index is 702. The molecule has 1 saturated carbocycles. The molecule has 0 aromatic heterocycles. The van der Waals surface area contributed by atoms with Gasteiger partial charge >= 0.3 is 10.1 Å². The Kier molecular flexibility index (Phi) is 3.97. The molecule has 0 aliphatic heterocycles. The van der Waals surface area contributed by atoms with Gasteiger partial charge in [-0.25, -0.2) is 0 Å². The Morgan fingerprint density at radius 3 is 2.33 bits per heavy atom. The van der Waals surface area contributed by atoms with Crippen molar-refractivity contribution in [1.82, 2.24) is 0 Å². The molecule has 110 valence electrons. The fourth-order valence-electron chi connectivity index (χ4n) is 2.84. The van der Waals surface area contributed by atoms with E-state index in [1.54, 1.807) is 24.3 Å². The van der Waals surface area contributed by atoms with Gasteiger partial charge in [0.15, 0.2) is 0 Å². The number of hydrogen-bond donors (Lipinski definition) is 0. The molecule has 1 aliphatic carbocycles. The van der Waals surface area contributed by atoms with Gasteiger partial charge in [0, 0.05) is 0 Å². The zero-order valence-corrected chi connectivity index (χ0v) is 12.6. The molecule has 0 heterocycles. The summed E-state index contributed by atoms with van der Waals surface area (Å²) in [5.74, 6) is 0.927. The molecule has 1 fully saturated rings. The SMILES string of the molecule is O=S(=O)(Oc1cccc(C2CCCC2)c1)c1ccccc1. The first-order valence-corrected chi connectivity index (χ1v) is 8.65. The minimum absolute atomic E-state index is 0.177. The average molecular weight is 302 g/mol. The molecule has 0 saturated heterocycles. The van der Waals surface area contributed by atoms with Gasteiger partial charge in [-0.2, -0.15) is 8.42 Å². The third-order valence-electron chi connectivity index (χ3n) is 3.92. The van der Waals surface area contributed by atoms with Gasteiger partial charge < -0.3 is 4.18 Å². The molecule has 21 heavy (non-hydrogen) atoms. The molecule has 0 atom stereocenters. The summed E-state index contributed by atoms with van der Waals surface area (Å²) in [5, 5.41) is 0. The van der Waals surface area contributed by atoms with Gasteiger partial charge in [-0.3, -0.25) is 0 Å². The van der Waals surface area contributed by atoms with E-state index in [0.717, 1.165) is 0 Å². The normalized spacial score (nSPS) is 16.0. The second-order valence-corrected chi connectivity index (χ2v) is 6.95. The van der Waals surface area contributed by atoms with Crippen molar-refractivity contribution < 1.29 is 12.6 Å². The standard InChI is InChI=1S/C17H18O3S/c18-21(19,17-11-2-1-3-12-17)20-16-10-6-9-15(13-16)14-7-4-5-8-14/h1-3,6,9-14H,4-5,7-8H2. The molecule has 3 rings (SSSR count). The predicted octanol–water partition coefficient (Wildman–Crippen LogP) is 4.11. The summed E-state index contributed by atoms with van der Waals surface area (Å²) in [6.07, 6.45) is 4.85. The van der Waals surface area contributed by atoms with Crippen LogP contribution in [0.4, 0.5) is 0 Å². The summed E-state index contributed by atoms with van der Waals surface area (Å²) < 4.78 is 29.7. The molecule has 0 radical (unpaired) electrons. The van der Waals surface area contributed by atoms with Crippen LogP contribution in [-0.2, 0) is 10.1 Å². The largest absolute Gasteiger partial charge is 0.379 e. The fraction of sp³-hybridized carbons (Fsp3) is 0.294. The second-order valence-electron chi connectivity index (χ2n) is 5.40. The lowest BCUT2D eigenvalue weighted by Gasteiger charge is -2.12. The van der Waals surface area contributed by atoms with Crippen molar-refractivity contribution in [2.75, 3.05) is 0 Å². The highest BCUT2D eigenvalue weighted by atomic mass is 32.2. The summed E-state index contributed by atoms with van der Waals surface area (Å²) in [5.41, 5.74) is 1.17. The number of benzene rings is 2. The van der Waals surface area contributed by atoms with Crippen LogP contribution in [0.15, 0.2) is 59.5 Å². The Labute approximate surface area is 125 Å². The highest BCUT2D eigenvalue weighted by molar-refractivity contribution is 7.87. The molecule has 1 aliphatic rings. The third-order valence-corrected chi connectivity index (χ3v) is 5.18. The minimum atomic E-state index is -3.75. The van der Waals surface area contributed by atoms with Crippen LogP contribution < -0.4 is 4.18 Å². The van der Waals surface area contributed by atoms with Crippen LogP contribution in [0.25, 0.3) is 0 Å². The lowest BCUT2D eigenvalue weighted by Crippen LogP contribution is -2.09. The van der Waals surface area contributed by atoms with Crippen LogP contribution in [0, 0.1) is 0 Å². The van der Waals surface area contributed by atoms with E-state index in [4.69, 9.17) is 4.18 Å². The van der Waals surface area contributed by atoms with Gasteiger partial charge in [0.25, 0.3) is 0 Å². The van der Waals surface area contributed by atoms with E-state index in [0.29, 0.717) is 11.7 Å². The molecule has 2 aromatic rings. The smallest absolute Gasteiger partial charge is 0.339 e. The summed E-state index contributed by atoms with van der Waals surface area (Å²) in [7, 11) is -3.75. The molecule has 0 N–H and O–H groups in total. The Morgan fingerprint density at radius 2 is 1.62 bits per heavy atom. The molecule has 0 spiro atoms. The van der Waals surface area contributed by atoms with E-state index >= 15 is 0 Å². The van der Waals surface area contributed by atoms with E-state index < -0.39 is 10.1 Å². The van der Waals surface area contributed by atoms with Crippen molar-refractivity contribution in [1.29, 1.82) is 0 Å². The maximum atomic E-state index is 12.2. The maximum absolute atomic E-state index is 12.2. The van der Waals surface area contributed by atoms with Gasteiger partial charge in [-0.15, -0.1) is 0 Å². The van der Waals surface area contributed by atoms with E-state index in [1.807, 2.05) is 12.1 Å². The van der Waals surface area contributed by atoms with Crippen LogP contribution in [0.5, 0.6) is 5.75 Å². The van der Waals surface area contributed by atoms with Crippen LogP contribution in [0.2, 0.25) is 0 Å². The van der Waals surface area contributed by atoms with Gasteiger partial charge in [0.05, 0.1) is 0 Å². The first-order chi connectivity index (χ1) is 10.1. The Hall–Kier alpha value is -1.81. The van der Waals surface area contributed by atoms with E-state index in [1.165, 1.54) is 43.4 Å². The van der Waals surface area contributed by atoms with Crippen molar-refractivity contribution >= 4 is 10.1 Å². The zero-order valence-electron chi connectivity index (χ0n) is 11.7. The van der Waals surface area contributed by atoms with E-state index in [9.17, 15) is 8.42 Å². The monoisotopic (exact) mass is 302 g/mol. The van der Waals surface area contributed by atoms with Crippen molar-refractivity contribution in [3.05, 3.63) is 60.2 Å². The summed E-state index contributed by atoms with van der Waals surface area (Å²) in [6, 6.07) is 15.7. The Morgan fingerprint density at radius 1 is 0.905 bits per heavy atom. The average Bonchev–Trinajstić information content (AvgIpc) is 3.02. The van der Waals surface area contributed by atoms with Crippen molar-refractivity contribution in [3.63, 3.8) is 0 Å². The zero-order chi connectivity index (χ0) is 14.7. The van der Waals surface area contributed by atoms with Gasteiger partial charge in [-0.1, -0.05) is 43.2 Å². The summed E-state index contributed by atoms with van der Waals surface area (Å²) >= 11 is 0. The summed E-state index contributed by atoms with van der Waals surface area (Å²) in [6.45, 7) is 0. The highest BCUT2D eigenvalue weighted by Crippen LogP contribution is 2.35. The number of hydrogen-bond acceptors (Lipinski definition) is 3. The van der Waals surface area contributed by atoms with E-state index in [2.05, 4.69) is 6.07 Å². The van der Waals surface area contributed by atoms with Crippen LogP contribution >= 0.6 is 0 Å². The third kappa shape index (κ3) is 3.27. The summed E-state index contributed by atoms with van der Waals surface area (Å²) in [4.78, 5) is 0.177. The lowest BCUT2D eigenvalue weighted by atomic mass is 9.98.